The molecule has 0 heterocycles. The molecule has 0 saturated heterocycles. The summed E-state index contributed by atoms with van der Waals surface area (Å²) in [6, 6.07) is 0. The molecule has 1 nitrogen and oxygen atoms in total. The lowest BCUT2D eigenvalue weighted by Crippen LogP contribution is -1.86. The third kappa shape index (κ3) is 2.31. The van der Waals surface area contributed by atoms with E-state index in [4.69, 9.17) is 11.6 Å². The summed E-state index contributed by atoms with van der Waals surface area (Å²) in [6.45, 7) is 0. The average Bonchev–Trinajstić information content (AvgIpc) is 2.11. The summed E-state index contributed by atoms with van der Waals surface area (Å²) in [5, 5.41) is 0.254. The fourth-order valence-corrected chi connectivity index (χ4v) is 0.986. The molecule has 1 rings (SSSR count). The first kappa shape index (κ1) is 8.21. The molecule has 0 N–H and O–H groups in total. The molecule has 11 heavy (non-hydrogen) atoms. The SMILES string of the molecule is O=CC1=CC(Cl)=CC(F)C=C1. The van der Waals surface area contributed by atoms with Crippen LogP contribution in [-0.2, 0) is 4.79 Å². The maximum atomic E-state index is 12.6. The zero-order valence-corrected chi connectivity index (χ0v) is 6.38. The predicted molar refractivity (Wildman–Crippen MR) is 42.1 cm³/mol. The molecule has 0 saturated carbocycles. The normalized spacial score (nSPS) is 23.6. The summed E-state index contributed by atoms with van der Waals surface area (Å²) in [4.78, 5) is 10.2. The van der Waals surface area contributed by atoms with Gasteiger partial charge in [-0.3, -0.25) is 4.79 Å². The molecule has 0 aliphatic heterocycles. The van der Waals surface area contributed by atoms with Crippen molar-refractivity contribution in [3.05, 3.63) is 34.9 Å². The van der Waals surface area contributed by atoms with Gasteiger partial charge >= 0.3 is 0 Å². The maximum Gasteiger partial charge on any atom is 0.150 e. The van der Waals surface area contributed by atoms with Gasteiger partial charge in [0.2, 0.25) is 0 Å². The van der Waals surface area contributed by atoms with Crippen molar-refractivity contribution >= 4 is 17.9 Å². The van der Waals surface area contributed by atoms with Gasteiger partial charge in [-0.1, -0.05) is 17.7 Å². The van der Waals surface area contributed by atoms with Crippen LogP contribution in [0, 0.1) is 0 Å². The van der Waals surface area contributed by atoms with E-state index in [1.807, 2.05) is 0 Å². The standard InChI is InChI=1S/C8H6ClFO/c9-7-3-6(5-11)1-2-8(10)4-7/h1-5,8H. The van der Waals surface area contributed by atoms with Crippen molar-refractivity contribution in [2.45, 2.75) is 6.17 Å². The Morgan fingerprint density at radius 2 is 2.36 bits per heavy atom. The van der Waals surface area contributed by atoms with Gasteiger partial charge in [-0.15, -0.1) is 0 Å². The minimum Gasteiger partial charge on any atom is -0.298 e. The molecule has 1 unspecified atom stereocenters. The van der Waals surface area contributed by atoms with E-state index in [0.29, 0.717) is 11.9 Å². The summed E-state index contributed by atoms with van der Waals surface area (Å²) in [6.07, 6.45) is 4.76. The van der Waals surface area contributed by atoms with Gasteiger partial charge < -0.3 is 0 Å². The van der Waals surface area contributed by atoms with Crippen LogP contribution < -0.4 is 0 Å². The van der Waals surface area contributed by atoms with Crippen molar-refractivity contribution in [3.63, 3.8) is 0 Å². The Labute approximate surface area is 68.8 Å². The molecule has 0 aromatic carbocycles. The first-order valence-electron chi connectivity index (χ1n) is 3.09. The molecule has 1 atom stereocenters. The van der Waals surface area contributed by atoms with Crippen LogP contribution in [0.2, 0.25) is 0 Å². The molecule has 3 heteroatoms. The topological polar surface area (TPSA) is 17.1 Å². The number of aldehydes is 1. The lowest BCUT2D eigenvalue weighted by molar-refractivity contribution is -0.104. The molecule has 0 spiro atoms. The molecule has 0 radical (unpaired) electrons. The largest absolute Gasteiger partial charge is 0.298 e. The molecular weight excluding hydrogens is 167 g/mol. The van der Waals surface area contributed by atoms with Crippen molar-refractivity contribution in [1.82, 2.24) is 0 Å². The number of rotatable bonds is 1. The second-order valence-corrected chi connectivity index (χ2v) is 2.55. The number of halogens is 2. The summed E-state index contributed by atoms with van der Waals surface area (Å²) < 4.78 is 12.6. The van der Waals surface area contributed by atoms with E-state index in [1.54, 1.807) is 0 Å². The van der Waals surface area contributed by atoms with E-state index >= 15 is 0 Å². The van der Waals surface area contributed by atoms with Crippen molar-refractivity contribution in [1.29, 1.82) is 0 Å². The van der Waals surface area contributed by atoms with Crippen LogP contribution in [-0.4, -0.2) is 12.5 Å². The van der Waals surface area contributed by atoms with Crippen LogP contribution in [0.3, 0.4) is 0 Å². The third-order valence-corrected chi connectivity index (χ3v) is 1.47. The highest BCUT2D eigenvalue weighted by Crippen LogP contribution is 2.14. The smallest absolute Gasteiger partial charge is 0.150 e. The molecule has 1 aliphatic rings. The van der Waals surface area contributed by atoms with Gasteiger partial charge in [-0.05, 0) is 18.2 Å². The lowest BCUT2D eigenvalue weighted by atomic mass is 10.2. The number of allylic oxidation sites excluding steroid dienone is 6. The van der Waals surface area contributed by atoms with Crippen LogP contribution in [0.15, 0.2) is 34.9 Å². The van der Waals surface area contributed by atoms with Crippen molar-refractivity contribution in [2.24, 2.45) is 0 Å². The van der Waals surface area contributed by atoms with Crippen LogP contribution in [0.1, 0.15) is 0 Å². The van der Waals surface area contributed by atoms with Crippen molar-refractivity contribution in [3.8, 4) is 0 Å². The van der Waals surface area contributed by atoms with Gasteiger partial charge in [0, 0.05) is 10.6 Å². The Morgan fingerprint density at radius 1 is 1.64 bits per heavy atom. The highest BCUT2D eigenvalue weighted by Gasteiger charge is 2.03. The van der Waals surface area contributed by atoms with E-state index in [2.05, 4.69) is 0 Å². The van der Waals surface area contributed by atoms with Crippen LogP contribution in [0.4, 0.5) is 4.39 Å². The highest BCUT2D eigenvalue weighted by atomic mass is 35.5. The Kier molecular flexibility index (Phi) is 2.60. The molecule has 0 aromatic heterocycles. The number of hydrogen-bond donors (Lipinski definition) is 0. The van der Waals surface area contributed by atoms with Gasteiger partial charge in [0.05, 0.1) is 0 Å². The van der Waals surface area contributed by atoms with E-state index in [9.17, 15) is 9.18 Å². The zero-order chi connectivity index (χ0) is 8.27. The molecule has 0 bridgehead atoms. The lowest BCUT2D eigenvalue weighted by Gasteiger charge is -1.89. The third-order valence-electron chi connectivity index (χ3n) is 1.23. The van der Waals surface area contributed by atoms with Gasteiger partial charge in [-0.25, -0.2) is 4.39 Å². The number of hydrogen-bond acceptors (Lipinski definition) is 1. The summed E-state index contributed by atoms with van der Waals surface area (Å²) in [5.41, 5.74) is 0.381. The predicted octanol–water partition coefficient (Wildman–Crippen LogP) is 2.14. The Balaban J connectivity index is 2.94. The zero-order valence-electron chi connectivity index (χ0n) is 5.63. The quantitative estimate of drug-likeness (QED) is 0.554. The number of carbonyl (C=O) groups excluding carboxylic acids is 1. The van der Waals surface area contributed by atoms with Crippen LogP contribution >= 0.6 is 11.6 Å². The van der Waals surface area contributed by atoms with Gasteiger partial charge in [0.15, 0.2) is 0 Å². The minimum atomic E-state index is -1.20. The Morgan fingerprint density at radius 3 is 3.00 bits per heavy atom. The molecule has 58 valence electrons. The van der Waals surface area contributed by atoms with Crippen molar-refractivity contribution in [2.75, 3.05) is 0 Å². The Hall–Kier alpha value is -0.890. The highest BCUT2D eigenvalue weighted by molar-refractivity contribution is 6.31. The van der Waals surface area contributed by atoms with E-state index in [1.165, 1.54) is 24.3 Å². The monoisotopic (exact) mass is 172 g/mol. The number of alkyl halides is 1. The van der Waals surface area contributed by atoms with Crippen molar-refractivity contribution < 1.29 is 9.18 Å². The van der Waals surface area contributed by atoms with E-state index in [0.717, 1.165) is 0 Å². The Bertz CT molecular complexity index is 253. The van der Waals surface area contributed by atoms with Crippen LogP contribution in [0.5, 0.6) is 0 Å². The van der Waals surface area contributed by atoms with Crippen LogP contribution in [0.25, 0.3) is 0 Å². The summed E-state index contributed by atoms with van der Waals surface area (Å²) in [5.74, 6) is 0. The molecule has 0 aromatic rings. The molecule has 0 amide bonds. The molecule has 0 fully saturated rings. The number of carbonyl (C=O) groups is 1. The average molecular weight is 173 g/mol. The van der Waals surface area contributed by atoms with E-state index < -0.39 is 6.17 Å². The first-order valence-corrected chi connectivity index (χ1v) is 3.46. The van der Waals surface area contributed by atoms with Gasteiger partial charge in [0.1, 0.15) is 12.5 Å². The van der Waals surface area contributed by atoms with Gasteiger partial charge in [-0.2, -0.15) is 0 Å². The summed E-state index contributed by atoms with van der Waals surface area (Å²) >= 11 is 5.54. The fraction of sp³-hybridized carbons (Fsp3) is 0.125. The molecule has 1 aliphatic carbocycles. The second-order valence-electron chi connectivity index (χ2n) is 2.12. The summed E-state index contributed by atoms with van der Waals surface area (Å²) in [7, 11) is 0. The second kappa shape index (κ2) is 3.49. The minimum absolute atomic E-state index is 0.254. The fourth-order valence-electron chi connectivity index (χ4n) is 0.739. The van der Waals surface area contributed by atoms with E-state index in [-0.39, 0.29) is 5.03 Å². The maximum absolute atomic E-state index is 12.6. The molecular formula is C8H6ClFO. The first-order chi connectivity index (χ1) is 5.22. The van der Waals surface area contributed by atoms with Gasteiger partial charge in [0.25, 0.3) is 0 Å².